The highest BCUT2D eigenvalue weighted by molar-refractivity contribution is 5.94. The summed E-state index contributed by atoms with van der Waals surface area (Å²) in [5.74, 6) is -1.04. The quantitative estimate of drug-likeness (QED) is 0.400. The first-order valence-electron chi connectivity index (χ1n) is 11.9. The van der Waals surface area contributed by atoms with Crippen molar-refractivity contribution in [3.05, 3.63) is 64.2 Å². The Labute approximate surface area is 202 Å². The summed E-state index contributed by atoms with van der Waals surface area (Å²) >= 11 is 0. The number of carbonyl (C=O) groups is 1. The van der Waals surface area contributed by atoms with Crippen LogP contribution in [0.1, 0.15) is 59.8 Å². The highest BCUT2D eigenvalue weighted by Crippen LogP contribution is 2.28. The fraction of sp³-hybridized carbons (Fsp3) is 0.519. The van der Waals surface area contributed by atoms with E-state index in [4.69, 9.17) is 4.74 Å². The molecule has 0 saturated heterocycles. The number of halogens is 2. The zero-order valence-corrected chi connectivity index (χ0v) is 21.3. The van der Waals surface area contributed by atoms with E-state index >= 15 is 0 Å². The maximum Gasteiger partial charge on any atom is 0.254 e. The van der Waals surface area contributed by atoms with Gasteiger partial charge in [-0.3, -0.25) is 4.79 Å². The molecule has 0 heterocycles. The molecule has 2 rings (SSSR count). The fourth-order valence-corrected chi connectivity index (χ4v) is 3.75. The summed E-state index contributed by atoms with van der Waals surface area (Å²) in [6.45, 7) is 11.2. The second-order valence-electron chi connectivity index (χ2n) is 9.33. The van der Waals surface area contributed by atoms with Crippen LogP contribution in [0.4, 0.5) is 8.78 Å². The number of rotatable bonds is 13. The summed E-state index contributed by atoms with van der Waals surface area (Å²) in [7, 11) is 4.16. The number of hydrogen-bond donors (Lipinski definition) is 2. The van der Waals surface area contributed by atoms with Crippen LogP contribution in [0, 0.1) is 31.4 Å². The monoisotopic (exact) mass is 475 g/mol. The number of nitrogens with one attached hydrogen (secondary N) is 2. The molecule has 2 N–H and O–H groups in total. The van der Waals surface area contributed by atoms with Crippen LogP contribution in [0.2, 0.25) is 0 Å². The smallest absolute Gasteiger partial charge is 0.254 e. The Kier molecular flexibility index (Phi) is 10.9. The van der Waals surface area contributed by atoms with Gasteiger partial charge >= 0.3 is 0 Å². The van der Waals surface area contributed by atoms with E-state index < -0.39 is 17.5 Å². The second kappa shape index (κ2) is 13.4. The van der Waals surface area contributed by atoms with Crippen molar-refractivity contribution in [3.63, 3.8) is 0 Å². The summed E-state index contributed by atoms with van der Waals surface area (Å²) in [6, 6.07) is 7.24. The minimum absolute atomic E-state index is 0.125. The van der Waals surface area contributed by atoms with Crippen molar-refractivity contribution >= 4 is 5.91 Å². The molecule has 188 valence electrons. The van der Waals surface area contributed by atoms with E-state index in [2.05, 4.69) is 56.5 Å². The summed E-state index contributed by atoms with van der Waals surface area (Å²) in [4.78, 5) is 14.4. The molecular weight excluding hydrogens is 436 g/mol. The average Bonchev–Trinajstić information content (AvgIpc) is 2.78. The number of unbranched alkanes of at least 4 members (excludes halogenated alkanes) is 1. The predicted molar refractivity (Wildman–Crippen MR) is 133 cm³/mol. The van der Waals surface area contributed by atoms with Crippen LogP contribution in [0.3, 0.4) is 0 Å². The lowest BCUT2D eigenvalue weighted by Gasteiger charge is -2.22. The number of carbonyl (C=O) groups excluding carboxylic acids is 1. The number of ether oxygens (including phenoxy) is 1. The summed E-state index contributed by atoms with van der Waals surface area (Å²) in [5.41, 5.74) is 3.42. The van der Waals surface area contributed by atoms with E-state index in [0.717, 1.165) is 42.8 Å². The molecule has 1 amide bonds. The Bertz CT molecular complexity index is 950. The van der Waals surface area contributed by atoms with E-state index in [9.17, 15) is 13.6 Å². The van der Waals surface area contributed by atoms with Crippen LogP contribution in [-0.4, -0.2) is 51.1 Å². The number of nitrogens with zero attached hydrogens (tertiary/aromatic N) is 1. The predicted octanol–water partition coefficient (Wildman–Crippen LogP) is 5.02. The van der Waals surface area contributed by atoms with E-state index in [1.807, 2.05) is 13.0 Å². The van der Waals surface area contributed by atoms with Crippen molar-refractivity contribution in [2.75, 3.05) is 40.3 Å². The highest BCUT2D eigenvalue weighted by atomic mass is 19.1. The van der Waals surface area contributed by atoms with E-state index in [0.29, 0.717) is 25.8 Å². The fourth-order valence-electron chi connectivity index (χ4n) is 3.75. The third-order valence-corrected chi connectivity index (χ3v) is 6.06. The van der Waals surface area contributed by atoms with Gasteiger partial charge in [-0.2, -0.15) is 0 Å². The van der Waals surface area contributed by atoms with Crippen molar-refractivity contribution in [2.24, 2.45) is 5.92 Å². The molecule has 5 nitrogen and oxygen atoms in total. The Morgan fingerprint density at radius 1 is 1.03 bits per heavy atom. The molecule has 0 saturated carbocycles. The van der Waals surface area contributed by atoms with E-state index in [1.54, 1.807) is 0 Å². The molecule has 0 aliphatic carbocycles. The van der Waals surface area contributed by atoms with Gasteiger partial charge in [0, 0.05) is 18.7 Å². The van der Waals surface area contributed by atoms with Gasteiger partial charge in [-0.1, -0.05) is 13.0 Å². The van der Waals surface area contributed by atoms with Gasteiger partial charge in [-0.15, -0.1) is 0 Å². The van der Waals surface area contributed by atoms with Crippen molar-refractivity contribution in [2.45, 2.75) is 46.6 Å². The minimum atomic E-state index is -0.858. The molecule has 0 fully saturated rings. The average molecular weight is 476 g/mol. The first kappa shape index (κ1) is 27.7. The molecule has 2 atom stereocenters. The Morgan fingerprint density at radius 2 is 1.76 bits per heavy atom. The third kappa shape index (κ3) is 8.37. The van der Waals surface area contributed by atoms with Gasteiger partial charge in [-0.05, 0) is 102 Å². The molecule has 0 aliphatic heterocycles. The number of amides is 1. The molecule has 2 aromatic carbocycles. The summed E-state index contributed by atoms with van der Waals surface area (Å²) in [6.07, 6.45) is 2.14. The van der Waals surface area contributed by atoms with Crippen molar-refractivity contribution in [1.82, 2.24) is 15.5 Å². The lowest BCUT2D eigenvalue weighted by Crippen LogP contribution is -2.34. The molecule has 0 radical (unpaired) electrons. The lowest BCUT2D eigenvalue weighted by molar-refractivity contribution is 0.0943. The molecule has 2 unspecified atom stereocenters. The van der Waals surface area contributed by atoms with Crippen molar-refractivity contribution < 1.29 is 18.3 Å². The molecule has 0 bridgehead atoms. The van der Waals surface area contributed by atoms with Crippen LogP contribution in [0.25, 0.3) is 0 Å². The van der Waals surface area contributed by atoms with Crippen LogP contribution in [-0.2, 0) is 0 Å². The van der Waals surface area contributed by atoms with Gasteiger partial charge in [0.25, 0.3) is 5.91 Å². The molecule has 2 aromatic rings. The first-order valence-corrected chi connectivity index (χ1v) is 11.9. The SMILES string of the molecule is Cc1c(OCCCCN(C)C)ccc(C(C)NCC(C)CNC(=O)c2ccc(F)cc2F)c1C. The van der Waals surface area contributed by atoms with Crippen LogP contribution >= 0.6 is 0 Å². The second-order valence-corrected chi connectivity index (χ2v) is 9.33. The summed E-state index contributed by atoms with van der Waals surface area (Å²) < 4.78 is 32.8. The minimum Gasteiger partial charge on any atom is -0.493 e. The van der Waals surface area contributed by atoms with Crippen LogP contribution in [0.15, 0.2) is 30.3 Å². The van der Waals surface area contributed by atoms with Crippen LogP contribution < -0.4 is 15.4 Å². The first-order chi connectivity index (χ1) is 16.1. The molecule has 7 heteroatoms. The number of hydrogen-bond acceptors (Lipinski definition) is 4. The Morgan fingerprint density at radius 3 is 2.44 bits per heavy atom. The van der Waals surface area contributed by atoms with Gasteiger partial charge in [0.05, 0.1) is 12.2 Å². The standard InChI is InChI=1S/C27H39F2N3O2/c1-18(17-31-27(33)24-10-9-22(28)15-25(24)29)16-30-21(4)23-11-12-26(20(3)19(23)2)34-14-8-7-13-32(5)6/h9-12,15,18,21,30H,7-8,13-14,16-17H2,1-6H3,(H,31,33). The van der Waals surface area contributed by atoms with E-state index in [1.165, 1.54) is 11.1 Å². The lowest BCUT2D eigenvalue weighted by atomic mass is 9.97. The van der Waals surface area contributed by atoms with Gasteiger partial charge in [0.1, 0.15) is 17.4 Å². The Balaban J connectivity index is 1.82. The topological polar surface area (TPSA) is 53.6 Å². The van der Waals surface area contributed by atoms with Gasteiger partial charge in [0.2, 0.25) is 0 Å². The zero-order valence-electron chi connectivity index (χ0n) is 21.3. The highest BCUT2D eigenvalue weighted by Gasteiger charge is 2.16. The van der Waals surface area contributed by atoms with Gasteiger partial charge < -0.3 is 20.3 Å². The van der Waals surface area contributed by atoms with Crippen LogP contribution in [0.5, 0.6) is 5.75 Å². The van der Waals surface area contributed by atoms with Gasteiger partial charge in [-0.25, -0.2) is 8.78 Å². The molecule has 34 heavy (non-hydrogen) atoms. The van der Waals surface area contributed by atoms with E-state index in [-0.39, 0.29) is 17.5 Å². The maximum absolute atomic E-state index is 13.8. The molecule has 0 aliphatic rings. The molecular formula is C27H39F2N3O2. The zero-order chi connectivity index (χ0) is 25.3. The summed E-state index contributed by atoms with van der Waals surface area (Å²) in [5, 5.41) is 6.24. The largest absolute Gasteiger partial charge is 0.493 e. The number of benzene rings is 2. The van der Waals surface area contributed by atoms with Crippen molar-refractivity contribution in [1.29, 1.82) is 0 Å². The van der Waals surface area contributed by atoms with Gasteiger partial charge in [0.15, 0.2) is 0 Å². The van der Waals surface area contributed by atoms with Crippen molar-refractivity contribution in [3.8, 4) is 5.75 Å². The molecule has 0 aromatic heterocycles. The normalized spacial score (nSPS) is 13.1. The molecule has 0 spiro atoms. The Hall–Kier alpha value is -2.51. The maximum atomic E-state index is 13.8. The third-order valence-electron chi connectivity index (χ3n) is 6.06.